The van der Waals surface area contributed by atoms with Gasteiger partial charge < -0.3 is 14.6 Å². The number of benzene rings is 3. The molecule has 0 radical (unpaired) electrons. The summed E-state index contributed by atoms with van der Waals surface area (Å²) >= 11 is 0. The summed E-state index contributed by atoms with van der Waals surface area (Å²) in [6.45, 7) is 9.30. The average Bonchev–Trinajstić information content (AvgIpc) is 3.21. The van der Waals surface area contributed by atoms with E-state index >= 15 is 0 Å². The molecular weight excluding hydrogens is 494 g/mol. The lowest BCUT2D eigenvalue weighted by Crippen LogP contribution is -2.23. The van der Waals surface area contributed by atoms with Crippen LogP contribution >= 0.6 is 0 Å². The molecule has 4 rings (SSSR count). The number of carbonyl (C=O) groups excluding carboxylic acids is 2. The lowest BCUT2D eigenvalue weighted by atomic mass is 9.98. The van der Waals surface area contributed by atoms with Gasteiger partial charge in [-0.05, 0) is 67.1 Å². The molecule has 0 unspecified atom stereocenters. The van der Waals surface area contributed by atoms with Gasteiger partial charge in [-0.3, -0.25) is 14.9 Å². The number of carboxylic acid groups (broad SMARTS) is 1. The van der Waals surface area contributed by atoms with Crippen LogP contribution in [0.25, 0.3) is 11.1 Å². The first-order valence-corrected chi connectivity index (χ1v) is 13.1. The number of hydrogen-bond donors (Lipinski definition) is 2. The predicted octanol–water partition coefficient (Wildman–Crippen LogP) is 7.05. The third kappa shape index (κ3) is 8.43. The zero-order valence-corrected chi connectivity index (χ0v) is 23.2. The number of hydrogen-bond acceptors (Lipinski definition) is 5. The maximum Gasteiger partial charge on any atom is 0.411 e. The third-order valence-corrected chi connectivity index (χ3v) is 6.22. The first-order chi connectivity index (χ1) is 18.5. The minimum Gasteiger partial charge on any atom is -0.481 e. The Kier molecular flexibility index (Phi) is 9.88. The largest absolute Gasteiger partial charge is 0.481 e. The summed E-state index contributed by atoms with van der Waals surface area (Å²) in [6, 6.07) is 23.6. The first kappa shape index (κ1) is 29.4. The summed E-state index contributed by atoms with van der Waals surface area (Å²) in [6.07, 6.45) is 0.390. The number of fused-ring (bicyclic) bond motifs is 3. The van der Waals surface area contributed by atoms with Crippen molar-refractivity contribution in [1.82, 2.24) is 0 Å². The second kappa shape index (κ2) is 13.1. The number of carbonyl (C=O) groups is 3. The van der Waals surface area contributed by atoms with E-state index in [1.165, 1.54) is 22.3 Å². The Balaban J connectivity index is 0.000000403. The fourth-order valence-electron chi connectivity index (χ4n) is 4.33. The lowest BCUT2D eigenvalue weighted by molar-refractivity contribution is -0.154. The van der Waals surface area contributed by atoms with E-state index in [-0.39, 0.29) is 24.1 Å². The Morgan fingerprint density at radius 2 is 1.44 bits per heavy atom. The molecule has 1 atom stereocenters. The summed E-state index contributed by atoms with van der Waals surface area (Å²) in [7, 11) is 0. The monoisotopic (exact) mass is 531 g/mol. The zero-order valence-electron chi connectivity index (χ0n) is 23.2. The molecule has 0 aliphatic heterocycles. The van der Waals surface area contributed by atoms with Crippen LogP contribution in [0.15, 0.2) is 72.8 Å². The van der Waals surface area contributed by atoms with Gasteiger partial charge in [0.05, 0.1) is 5.92 Å². The Morgan fingerprint density at radius 1 is 0.897 bits per heavy atom. The van der Waals surface area contributed by atoms with Crippen molar-refractivity contribution < 1.29 is 29.0 Å². The number of amides is 1. The molecule has 3 aromatic rings. The normalized spacial score (nSPS) is 12.7. The Morgan fingerprint density at radius 3 is 1.90 bits per heavy atom. The lowest BCUT2D eigenvalue weighted by Gasteiger charge is -2.18. The molecule has 206 valence electrons. The van der Waals surface area contributed by atoms with Gasteiger partial charge in [0.25, 0.3) is 0 Å². The van der Waals surface area contributed by atoms with Gasteiger partial charge in [-0.2, -0.15) is 0 Å². The summed E-state index contributed by atoms with van der Waals surface area (Å²) in [5.74, 6) is -1.40. The van der Waals surface area contributed by atoms with E-state index in [0.717, 1.165) is 5.56 Å². The maximum absolute atomic E-state index is 12.3. The SMILES string of the molecule is CCC(=O)OC(C)(C)C.C[C@H](Cc1ccc(NC(=O)OCC2c3ccccc3-c3ccccc32)cc1)C(=O)O. The number of nitrogens with one attached hydrogen (secondary N) is 1. The van der Waals surface area contributed by atoms with Gasteiger partial charge in [0.15, 0.2) is 0 Å². The maximum atomic E-state index is 12.3. The second-order valence-corrected chi connectivity index (χ2v) is 10.5. The van der Waals surface area contributed by atoms with Crippen LogP contribution in [0, 0.1) is 5.92 Å². The molecule has 0 aromatic heterocycles. The van der Waals surface area contributed by atoms with Crippen molar-refractivity contribution in [2.45, 2.75) is 59.0 Å². The quantitative estimate of drug-likeness (QED) is 0.317. The molecule has 1 aliphatic rings. The van der Waals surface area contributed by atoms with Crippen molar-refractivity contribution in [3.63, 3.8) is 0 Å². The number of anilines is 1. The van der Waals surface area contributed by atoms with E-state index < -0.39 is 18.0 Å². The molecular formula is C32H37NO6. The molecule has 7 nitrogen and oxygen atoms in total. The van der Waals surface area contributed by atoms with Crippen LogP contribution in [-0.4, -0.2) is 35.3 Å². The molecule has 1 aliphatic carbocycles. The molecule has 0 saturated carbocycles. The first-order valence-electron chi connectivity index (χ1n) is 13.1. The summed E-state index contributed by atoms with van der Waals surface area (Å²) < 4.78 is 10.5. The van der Waals surface area contributed by atoms with Crippen molar-refractivity contribution >= 4 is 23.7 Å². The number of esters is 1. The highest BCUT2D eigenvalue weighted by atomic mass is 16.6. The number of rotatable bonds is 7. The molecule has 7 heteroatoms. The molecule has 3 aromatic carbocycles. The van der Waals surface area contributed by atoms with Crippen LogP contribution in [0.1, 0.15) is 63.6 Å². The minimum absolute atomic E-state index is 0.0167. The molecule has 0 heterocycles. The van der Waals surface area contributed by atoms with Crippen molar-refractivity contribution in [2.75, 3.05) is 11.9 Å². The molecule has 0 saturated heterocycles. The van der Waals surface area contributed by atoms with Crippen molar-refractivity contribution in [2.24, 2.45) is 5.92 Å². The highest BCUT2D eigenvalue weighted by Gasteiger charge is 2.29. The number of carboxylic acids is 1. The van der Waals surface area contributed by atoms with E-state index in [2.05, 4.69) is 29.6 Å². The molecule has 0 spiro atoms. The van der Waals surface area contributed by atoms with Crippen LogP contribution in [-0.2, 0) is 25.5 Å². The van der Waals surface area contributed by atoms with E-state index in [4.69, 9.17) is 14.6 Å². The van der Waals surface area contributed by atoms with Crippen LogP contribution in [0.2, 0.25) is 0 Å². The van der Waals surface area contributed by atoms with Gasteiger partial charge in [0, 0.05) is 18.0 Å². The summed E-state index contributed by atoms with van der Waals surface area (Å²) in [5.41, 5.74) is 5.91. The predicted molar refractivity (Wildman–Crippen MR) is 152 cm³/mol. The summed E-state index contributed by atoms with van der Waals surface area (Å²) in [5, 5.41) is 11.8. The molecule has 0 bridgehead atoms. The highest BCUT2D eigenvalue weighted by Crippen LogP contribution is 2.44. The van der Waals surface area contributed by atoms with Gasteiger partial charge in [-0.25, -0.2) is 4.79 Å². The van der Waals surface area contributed by atoms with Crippen LogP contribution in [0.5, 0.6) is 0 Å². The van der Waals surface area contributed by atoms with Gasteiger partial charge in [0.1, 0.15) is 12.2 Å². The van der Waals surface area contributed by atoms with Crippen molar-refractivity contribution in [1.29, 1.82) is 0 Å². The van der Waals surface area contributed by atoms with Gasteiger partial charge in [-0.15, -0.1) is 0 Å². The molecule has 0 fully saturated rings. The fourth-order valence-corrected chi connectivity index (χ4v) is 4.33. The highest BCUT2D eigenvalue weighted by molar-refractivity contribution is 5.85. The molecule has 1 amide bonds. The smallest absolute Gasteiger partial charge is 0.411 e. The standard InChI is InChI=1S/C25H23NO4.C7H14O2/c1-16(24(27)28)14-17-10-12-18(13-11-17)26-25(29)30-15-23-21-8-4-2-6-19(21)20-7-3-5-9-22(20)23;1-5-6(8)9-7(2,3)4/h2-13,16,23H,14-15H2,1H3,(H,26,29)(H,27,28);5H2,1-4H3/t16-;/m1./s1. The van der Waals surface area contributed by atoms with Gasteiger partial charge >= 0.3 is 18.0 Å². The van der Waals surface area contributed by atoms with Crippen molar-refractivity contribution in [3.05, 3.63) is 89.5 Å². The van der Waals surface area contributed by atoms with Gasteiger partial charge in [-0.1, -0.05) is 74.5 Å². The Labute approximate surface area is 230 Å². The average molecular weight is 532 g/mol. The topological polar surface area (TPSA) is 102 Å². The Hall–Kier alpha value is -4.13. The summed E-state index contributed by atoms with van der Waals surface area (Å²) in [4.78, 5) is 33.9. The van der Waals surface area contributed by atoms with Crippen LogP contribution in [0.4, 0.5) is 10.5 Å². The van der Waals surface area contributed by atoms with Crippen molar-refractivity contribution in [3.8, 4) is 11.1 Å². The van der Waals surface area contributed by atoms with E-state index in [9.17, 15) is 14.4 Å². The minimum atomic E-state index is -0.823. The second-order valence-electron chi connectivity index (χ2n) is 10.5. The molecule has 2 N–H and O–H groups in total. The van der Waals surface area contributed by atoms with E-state index in [1.54, 1.807) is 26.0 Å². The van der Waals surface area contributed by atoms with Gasteiger partial charge in [0.2, 0.25) is 0 Å². The number of ether oxygens (including phenoxy) is 2. The van der Waals surface area contributed by atoms with E-state index in [0.29, 0.717) is 18.5 Å². The number of aliphatic carboxylic acids is 1. The third-order valence-electron chi connectivity index (χ3n) is 6.22. The Bertz CT molecular complexity index is 1250. The fraction of sp³-hybridized carbons (Fsp3) is 0.344. The van der Waals surface area contributed by atoms with E-state index in [1.807, 2.05) is 57.2 Å². The van der Waals surface area contributed by atoms with Crippen LogP contribution < -0.4 is 5.32 Å². The van der Waals surface area contributed by atoms with Crippen LogP contribution in [0.3, 0.4) is 0 Å². The molecule has 39 heavy (non-hydrogen) atoms. The zero-order chi connectivity index (χ0) is 28.6.